The van der Waals surface area contributed by atoms with Crippen LogP contribution in [0.1, 0.15) is 41.0 Å². The van der Waals surface area contributed by atoms with Gasteiger partial charge in [0.2, 0.25) is 0 Å². The van der Waals surface area contributed by atoms with Crippen molar-refractivity contribution in [3.8, 4) is 17.2 Å². The number of aromatic hydroxyl groups is 1. The number of halogens is 1. The Balaban J connectivity index is 1.55. The number of benzene rings is 2. The van der Waals surface area contributed by atoms with Crippen molar-refractivity contribution in [3.63, 3.8) is 0 Å². The molecule has 32 heavy (non-hydrogen) atoms. The molecule has 0 saturated carbocycles. The van der Waals surface area contributed by atoms with Gasteiger partial charge in [-0.15, -0.1) is 0 Å². The number of carbonyl (C=O) groups excluding carboxylic acids is 1. The number of hydrazone groups is 1. The Hall–Kier alpha value is -3.52. The first-order valence-corrected chi connectivity index (χ1v) is 10.7. The monoisotopic (exact) mass is 452 g/mol. The molecule has 8 nitrogen and oxygen atoms in total. The lowest BCUT2D eigenvalue weighted by Crippen LogP contribution is -2.28. The Bertz CT molecular complexity index is 1220. The van der Waals surface area contributed by atoms with E-state index >= 15 is 0 Å². The second-order valence-electron chi connectivity index (χ2n) is 7.51. The fourth-order valence-corrected chi connectivity index (χ4v) is 4.15. The van der Waals surface area contributed by atoms with Gasteiger partial charge in [-0.1, -0.05) is 29.8 Å². The summed E-state index contributed by atoms with van der Waals surface area (Å²) in [4.78, 5) is 13.4. The van der Waals surface area contributed by atoms with Crippen molar-refractivity contribution in [1.82, 2.24) is 14.8 Å². The fraction of sp³-hybridized carbons (Fsp3) is 0.261. The highest BCUT2D eigenvalue weighted by atomic mass is 35.5. The predicted molar refractivity (Wildman–Crippen MR) is 119 cm³/mol. The number of rotatable bonds is 4. The molecule has 3 aromatic rings. The number of carbonyl (C=O) groups is 1. The molecule has 0 saturated heterocycles. The first kappa shape index (κ1) is 20.4. The van der Waals surface area contributed by atoms with E-state index in [9.17, 15) is 9.90 Å². The zero-order valence-corrected chi connectivity index (χ0v) is 18.1. The van der Waals surface area contributed by atoms with Crippen LogP contribution in [-0.4, -0.2) is 44.7 Å². The Labute approximate surface area is 189 Å². The van der Waals surface area contributed by atoms with Crippen molar-refractivity contribution in [2.75, 3.05) is 13.2 Å². The second kappa shape index (κ2) is 8.20. The third kappa shape index (κ3) is 3.56. The lowest BCUT2D eigenvalue weighted by molar-refractivity contribution is 0.0703. The Morgan fingerprint density at radius 1 is 1.19 bits per heavy atom. The maximum Gasteiger partial charge on any atom is 0.296 e. The van der Waals surface area contributed by atoms with Gasteiger partial charge >= 0.3 is 0 Å². The Morgan fingerprint density at radius 3 is 2.72 bits per heavy atom. The molecule has 1 amide bonds. The van der Waals surface area contributed by atoms with Crippen LogP contribution in [0.5, 0.6) is 17.2 Å². The maximum atomic E-state index is 13.4. The quantitative estimate of drug-likeness (QED) is 0.645. The smallest absolute Gasteiger partial charge is 0.296 e. The number of amides is 1. The normalized spacial score (nSPS) is 17.4. The van der Waals surface area contributed by atoms with Gasteiger partial charge in [0.05, 0.1) is 16.8 Å². The van der Waals surface area contributed by atoms with Gasteiger partial charge in [0.25, 0.3) is 5.91 Å². The molecule has 0 bridgehead atoms. The van der Waals surface area contributed by atoms with Crippen molar-refractivity contribution in [1.29, 1.82) is 0 Å². The van der Waals surface area contributed by atoms with Gasteiger partial charge < -0.3 is 14.6 Å². The molecule has 1 N–H and O–H groups in total. The van der Waals surface area contributed by atoms with E-state index in [-0.39, 0.29) is 16.5 Å². The summed E-state index contributed by atoms with van der Waals surface area (Å²) in [5.74, 6) is 0.993. The molecule has 5 rings (SSSR count). The van der Waals surface area contributed by atoms with Crippen molar-refractivity contribution in [2.45, 2.75) is 25.9 Å². The van der Waals surface area contributed by atoms with E-state index in [4.69, 9.17) is 21.1 Å². The van der Waals surface area contributed by atoms with Crippen LogP contribution in [-0.2, 0) is 6.54 Å². The number of fused-ring (bicyclic) bond motifs is 1. The molecule has 1 atom stereocenters. The lowest BCUT2D eigenvalue weighted by Gasteiger charge is -2.22. The summed E-state index contributed by atoms with van der Waals surface area (Å²) in [7, 11) is 0. The maximum absolute atomic E-state index is 13.4. The second-order valence-corrected chi connectivity index (χ2v) is 7.92. The van der Waals surface area contributed by atoms with Crippen LogP contribution < -0.4 is 9.47 Å². The first-order chi connectivity index (χ1) is 15.5. The van der Waals surface area contributed by atoms with E-state index in [0.717, 1.165) is 5.56 Å². The molecule has 2 aliphatic rings. The summed E-state index contributed by atoms with van der Waals surface area (Å²) in [5, 5.41) is 21.0. The van der Waals surface area contributed by atoms with Crippen molar-refractivity contribution in [2.24, 2.45) is 5.10 Å². The Morgan fingerprint density at radius 2 is 1.97 bits per heavy atom. The summed E-state index contributed by atoms with van der Waals surface area (Å²) >= 11 is 6.30. The average Bonchev–Trinajstić information content (AvgIpc) is 3.42. The number of aryl methyl sites for hydroxylation is 1. The highest BCUT2D eigenvalue weighted by Gasteiger charge is 2.37. The standard InChI is InChI=1S/C23H21ClN4O4/c1-2-27-13-16(24)22(26-27)23(30)28-18(15-5-3-4-6-19(15)29)12-17(25-28)14-7-8-20-21(11-14)32-10-9-31-20/h3-8,11,13,18,29H,2,9-10,12H2,1H3/t18-/m1/s1. The molecule has 0 fully saturated rings. The third-order valence-corrected chi connectivity index (χ3v) is 5.81. The lowest BCUT2D eigenvalue weighted by atomic mass is 9.97. The predicted octanol–water partition coefficient (Wildman–Crippen LogP) is 4.02. The summed E-state index contributed by atoms with van der Waals surface area (Å²) in [6.07, 6.45) is 2.03. The number of phenols is 1. The van der Waals surface area contributed by atoms with Crippen molar-refractivity contribution in [3.05, 3.63) is 70.5 Å². The van der Waals surface area contributed by atoms with Gasteiger partial charge in [0.15, 0.2) is 17.2 Å². The molecule has 9 heteroatoms. The van der Waals surface area contributed by atoms with Gasteiger partial charge in [-0.3, -0.25) is 9.48 Å². The van der Waals surface area contributed by atoms with Crippen LogP contribution in [0.2, 0.25) is 5.02 Å². The number of hydrogen-bond acceptors (Lipinski definition) is 6. The van der Waals surface area contributed by atoms with Crippen LogP contribution >= 0.6 is 11.6 Å². The number of nitrogens with zero attached hydrogens (tertiary/aromatic N) is 4. The topological polar surface area (TPSA) is 89.2 Å². The number of hydrogen-bond donors (Lipinski definition) is 1. The Kier molecular flexibility index (Phi) is 5.22. The van der Waals surface area contributed by atoms with Crippen molar-refractivity contribution < 1.29 is 19.4 Å². The SMILES string of the molecule is CCn1cc(Cl)c(C(=O)N2N=C(c3ccc4c(c3)OCCO4)C[C@@H]2c2ccccc2O)n1. The fourth-order valence-electron chi connectivity index (χ4n) is 3.92. The summed E-state index contributed by atoms with van der Waals surface area (Å²) in [5.41, 5.74) is 2.23. The molecule has 164 valence electrons. The molecule has 0 radical (unpaired) electrons. The summed E-state index contributed by atoms with van der Waals surface area (Å²) < 4.78 is 12.9. The molecule has 2 aliphatic heterocycles. The van der Waals surface area contributed by atoms with Crippen molar-refractivity contribution >= 4 is 23.2 Å². The number of para-hydroxylation sites is 1. The molecule has 3 heterocycles. The van der Waals surface area contributed by atoms with Crippen LogP contribution in [0.3, 0.4) is 0 Å². The van der Waals surface area contributed by atoms with Gasteiger partial charge in [-0.05, 0) is 31.2 Å². The van der Waals surface area contributed by atoms with Gasteiger partial charge in [0.1, 0.15) is 19.0 Å². The van der Waals surface area contributed by atoms with Gasteiger partial charge in [0, 0.05) is 30.3 Å². The number of ether oxygens (including phenoxy) is 2. The van der Waals surface area contributed by atoms with Crippen LogP contribution in [0.25, 0.3) is 0 Å². The zero-order chi connectivity index (χ0) is 22.2. The minimum Gasteiger partial charge on any atom is -0.508 e. The van der Waals surface area contributed by atoms with Gasteiger partial charge in [-0.2, -0.15) is 10.2 Å². The molecule has 0 aliphatic carbocycles. The minimum absolute atomic E-state index is 0.0964. The van der Waals surface area contributed by atoms with E-state index in [0.29, 0.717) is 49.0 Å². The molecular formula is C23H21ClN4O4. The van der Waals surface area contributed by atoms with Crippen LogP contribution in [0.4, 0.5) is 0 Å². The zero-order valence-electron chi connectivity index (χ0n) is 17.4. The van der Waals surface area contributed by atoms with E-state index in [1.54, 1.807) is 29.1 Å². The molecule has 0 spiro atoms. The van der Waals surface area contributed by atoms with Gasteiger partial charge in [-0.25, -0.2) is 5.01 Å². The van der Waals surface area contributed by atoms with E-state index < -0.39 is 11.9 Å². The van der Waals surface area contributed by atoms with E-state index in [1.165, 1.54) is 5.01 Å². The largest absolute Gasteiger partial charge is 0.508 e. The number of aromatic nitrogens is 2. The van der Waals surface area contributed by atoms with Crippen LogP contribution in [0.15, 0.2) is 53.8 Å². The molecule has 1 aromatic heterocycles. The van der Waals surface area contributed by atoms with E-state index in [2.05, 4.69) is 10.2 Å². The van der Waals surface area contributed by atoms with Crippen LogP contribution in [0, 0.1) is 0 Å². The highest BCUT2D eigenvalue weighted by molar-refractivity contribution is 6.33. The third-order valence-electron chi connectivity index (χ3n) is 5.53. The summed E-state index contributed by atoms with van der Waals surface area (Å²) in [6, 6.07) is 12.0. The summed E-state index contributed by atoms with van der Waals surface area (Å²) in [6.45, 7) is 3.49. The molecule has 0 unspecified atom stereocenters. The molecular weight excluding hydrogens is 432 g/mol. The average molecular weight is 453 g/mol. The first-order valence-electron chi connectivity index (χ1n) is 10.4. The molecule has 2 aromatic carbocycles. The number of phenolic OH excluding ortho intramolecular Hbond substituents is 1. The van der Waals surface area contributed by atoms with E-state index in [1.807, 2.05) is 31.2 Å². The minimum atomic E-state index is -0.505. The highest BCUT2D eigenvalue weighted by Crippen LogP contribution is 2.39.